The Kier molecular flexibility index (Phi) is 8.99. The number of fused-ring (bicyclic) bond motifs is 1. The van der Waals surface area contributed by atoms with Gasteiger partial charge in [-0.2, -0.15) is 4.98 Å². The molecule has 0 aliphatic carbocycles. The third kappa shape index (κ3) is 6.60. The van der Waals surface area contributed by atoms with Crippen molar-refractivity contribution in [3.05, 3.63) is 94.7 Å². The van der Waals surface area contributed by atoms with Crippen LogP contribution in [0.15, 0.2) is 66.9 Å². The van der Waals surface area contributed by atoms with Gasteiger partial charge in [0.2, 0.25) is 5.95 Å². The molecule has 1 aliphatic heterocycles. The minimum absolute atomic E-state index is 0.360. The van der Waals surface area contributed by atoms with Crippen LogP contribution >= 0.6 is 11.6 Å². The summed E-state index contributed by atoms with van der Waals surface area (Å²) in [6, 6.07) is 20.2. The van der Waals surface area contributed by atoms with Gasteiger partial charge in [0.25, 0.3) is 0 Å². The molecule has 0 saturated heterocycles. The standard InChI is InChI=1S/C32H35ClN4O4/c1-38-26-11-10-22(15-27(26)39-2)14-24-19-34-32(35-30(33)16-21-8-6-5-7-9-21)36-31(24)37-13-12-23-17-28(40-3)29(41-4)18-25(23)20-37/h5-11,15,17-19,30H,12-14,16,20H2,1-4H3,(H,34,35,36). The number of hydrogen-bond acceptors (Lipinski definition) is 8. The van der Waals surface area contributed by atoms with Crippen LogP contribution in [0, 0.1) is 0 Å². The second-order valence-electron chi connectivity index (χ2n) is 9.86. The van der Waals surface area contributed by atoms with Gasteiger partial charge in [-0.15, -0.1) is 0 Å². The summed E-state index contributed by atoms with van der Waals surface area (Å²) in [7, 11) is 6.60. The first kappa shape index (κ1) is 28.4. The van der Waals surface area contributed by atoms with Crippen LogP contribution in [0.4, 0.5) is 11.8 Å². The number of ether oxygens (including phenoxy) is 4. The minimum Gasteiger partial charge on any atom is -0.493 e. The van der Waals surface area contributed by atoms with Crippen LogP contribution in [-0.4, -0.2) is 50.5 Å². The molecule has 0 radical (unpaired) electrons. The zero-order valence-electron chi connectivity index (χ0n) is 23.8. The Bertz CT molecular complexity index is 1480. The Morgan fingerprint density at radius 3 is 2.22 bits per heavy atom. The topological polar surface area (TPSA) is 78.0 Å². The van der Waals surface area contributed by atoms with Crippen molar-refractivity contribution in [1.82, 2.24) is 9.97 Å². The quantitative estimate of drug-likeness (QED) is 0.176. The normalized spacial score (nSPS) is 13.2. The first-order valence-electron chi connectivity index (χ1n) is 13.5. The van der Waals surface area contributed by atoms with Crippen molar-refractivity contribution in [2.45, 2.75) is 31.3 Å². The van der Waals surface area contributed by atoms with Crippen molar-refractivity contribution < 1.29 is 18.9 Å². The number of halogens is 1. The average molecular weight is 575 g/mol. The van der Waals surface area contributed by atoms with Crippen molar-refractivity contribution in [1.29, 1.82) is 0 Å². The summed E-state index contributed by atoms with van der Waals surface area (Å²) in [5.74, 6) is 4.19. The van der Waals surface area contributed by atoms with Crippen molar-refractivity contribution >= 4 is 23.4 Å². The van der Waals surface area contributed by atoms with Gasteiger partial charge in [-0.1, -0.05) is 48.0 Å². The third-order valence-corrected chi connectivity index (χ3v) is 7.51. The average Bonchev–Trinajstić information content (AvgIpc) is 3.01. The molecule has 2 heterocycles. The SMILES string of the molecule is COc1ccc(Cc2cnc(NC(Cl)Cc3ccccc3)nc2N2CCc3cc(OC)c(OC)cc3C2)cc1OC. The molecule has 3 aromatic carbocycles. The van der Waals surface area contributed by atoms with E-state index in [4.69, 9.17) is 35.5 Å². The predicted molar refractivity (Wildman–Crippen MR) is 162 cm³/mol. The van der Waals surface area contributed by atoms with Gasteiger partial charge >= 0.3 is 0 Å². The van der Waals surface area contributed by atoms with Crippen LogP contribution in [0.25, 0.3) is 0 Å². The predicted octanol–water partition coefficient (Wildman–Crippen LogP) is 5.88. The van der Waals surface area contributed by atoms with E-state index in [9.17, 15) is 0 Å². The molecule has 0 bridgehead atoms. The molecule has 0 spiro atoms. The Hall–Kier alpha value is -4.17. The lowest BCUT2D eigenvalue weighted by Gasteiger charge is -2.32. The molecule has 1 N–H and O–H groups in total. The van der Waals surface area contributed by atoms with Crippen molar-refractivity contribution in [2.24, 2.45) is 0 Å². The van der Waals surface area contributed by atoms with Crippen LogP contribution in [0.3, 0.4) is 0 Å². The molecule has 1 aliphatic rings. The van der Waals surface area contributed by atoms with Crippen molar-refractivity contribution in [3.63, 3.8) is 0 Å². The molecule has 1 atom stereocenters. The van der Waals surface area contributed by atoms with E-state index in [-0.39, 0.29) is 5.50 Å². The van der Waals surface area contributed by atoms with E-state index >= 15 is 0 Å². The maximum Gasteiger partial charge on any atom is 0.225 e. The summed E-state index contributed by atoms with van der Waals surface area (Å²) in [6.45, 7) is 1.48. The van der Waals surface area contributed by atoms with E-state index in [1.807, 2.05) is 42.6 Å². The fourth-order valence-corrected chi connectivity index (χ4v) is 5.43. The van der Waals surface area contributed by atoms with E-state index in [0.29, 0.717) is 36.8 Å². The van der Waals surface area contributed by atoms with Crippen molar-refractivity contribution in [2.75, 3.05) is 45.2 Å². The number of aromatic nitrogens is 2. The molecule has 0 amide bonds. The Morgan fingerprint density at radius 1 is 0.829 bits per heavy atom. The molecular formula is C32H35ClN4O4. The molecule has 41 heavy (non-hydrogen) atoms. The first-order valence-corrected chi connectivity index (χ1v) is 13.9. The lowest BCUT2D eigenvalue weighted by molar-refractivity contribution is 0.353. The molecule has 8 nitrogen and oxygen atoms in total. The summed E-state index contributed by atoms with van der Waals surface area (Å²) in [5, 5.41) is 3.29. The Labute approximate surface area is 246 Å². The maximum atomic E-state index is 6.69. The minimum atomic E-state index is -0.360. The van der Waals surface area contributed by atoms with Gasteiger partial charge in [0, 0.05) is 37.7 Å². The van der Waals surface area contributed by atoms with E-state index in [1.54, 1.807) is 28.4 Å². The van der Waals surface area contributed by atoms with E-state index in [1.165, 1.54) is 11.1 Å². The smallest absolute Gasteiger partial charge is 0.225 e. The highest BCUT2D eigenvalue weighted by atomic mass is 35.5. The molecule has 9 heteroatoms. The first-order chi connectivity index (χ1) is 20.0. The number of anilines is 2. The van der Waals surface area contributed by atoms with Gasteiger partial charge in [0.15, 0.2) is 23.0 Å². The fraction of sp³-hybridized carbons (Fsp3) is 0.312. The monoisotopic (exact) mass is 574 g/mol. The number of hydrogen-bond donors (Lipinski definition) is 1. The molecular weight excluding hydrogens is 540 g/mol. The van der Waals surface area contributed by atoms with E-state index in [0.717, 1.165) is 47.0 Å². The van der Waals surface area contributed by atoms with Gasteiger partial charge < -0.3 is 29.2 Å². The maximum absolute atomic E-state index is 6.69. The molecule has 5 rings (SSSR count). The second kappa shape index (κ2) is 13.0. The van der Waals surface area contributed by atoms with Gasteiger partial charge in [-0.3, -0.25) is 0 Å². The molecule has 214 valence electrons. The summed E-state index contributed by atoms with van der Waals surface area (Å²) in [6.07, 6.45) is 4.01. The zero-order valence-corrected chi connectivity index (χ0v) is 24.6. The highest BCUT2D eigenvalue weighted by Gasteiger charge is 2.24. The molecule has 1 aromatic heterocycles. The van der Waals surface area contributed by atoms with Crippen LogP contribution in [0.2, 0.25) is 0 Å². The van der Waals surface area contributed by atoms with Crippen LogP contribution in [0.5, 0.6) is 23.0 Å². The van der Waals surface area contributed by atoms with Gasteiger partial charge in [0.1, 0.15) is 11.3 Å². The lowest BCUT2D eigenvalue weighted by Crippen LogP contribution is -2.32. The highest BCUT2D eigenvalue weighted by molar-refractivity contribution is 6.21. The molecule has 0 saturated carbocycles. The van der Waals surface area contributed by atoms with Crippen molar-refractivity contribution in [3.8, 4) is 23.0 Å². The zero-order chi connectivity index (χ0) is 28.8. The van der Waals surface area contributed by atoms with Crippen LogP contribution in [-0.2, 0) is 25.8 Å². The number of methoxy groups -OCH3 is 4. The number of benzene rings is 3. The second-order valence-corrected chi connectivity index (χ2v) is 10.4. The lowest BCUT2D eigenvalue weighted by atomic mass is 9.98. The summed E-state index contributed by atoms with van der Waals surface area (Å²) >= 11 is 6.69. The summed E-state index contributed by atoms with van der Waals surface area (Å²) < 4.78 is 22.1. The van der Waals surface area contributed by atoms with E-state index in [2.05, 4.69) is 39.5 Å². The fourth-order valence-electron chi connectivity index (χ4n) is 5.15. The van der Waals surface area contributed by atoms with Gasteiger partial charge in [-0.05, 0) is 52.9 Å². The number of nitrogens with one attached hydrogen (secondary N) is 1. The Morgan fingerprint density at radius 2 is 1.51 bits per heavy atom. The van der Waals surface area contributed by atoms with Gasteiger partial charge in [0.05, 0.1) is 28.4 Å². The summed E-state index contributed by atoms with van der Waals surface area (Å²) in [5.41, 5.74) is 5.27. The number of rotatable bonds is 11. The molecule has 1 unspecified atom stereocenters. The number of alkyl halides is 1. The molecule has 0 fully saturated rings. The van der Waals surface area contributed by atoms with E-state index < -0.39 is 0 Å². The summed E-state index contributed by atoms with van der Waals surface area (Å²) in [4.78, 5) is 12.0. The van der Waals surface area contributed by atoms with Gasteiger partial charge in [-0.25, -0.2) is 4.98 Å². The molecule has 4 aromatic rings. The third-order valence-electron chi connectivity index (χ3n) is 7.25. The Balaban J connectivity index is 1.46. The largest absolute Gasteiger partial charge is 0.493 e. The van der Waals surface area contributed by atoms with Crippen LogP contribution < -0.4 is 29.2 Å². The van der Waals surface area contributed by atoms with Crippen LogP contribution in [0.1, 0.15) is 27.8 Å². The highest BCUT2D eigenvalue weighted by Crippen LogP contribution is 2.36. The number of nitrogens with zero attached hydrogens (tertiary/aromatic N) is 3.